The number of aromatic nitrogens is 6. The highest BCUT2D eigenvalue weighted by Crippen LogP contribution is 2.39. The van der Waals surface area contributed by atoms with Gasteiger partial charge < -0.3 is 38.7 Å². The number of fused-ring (bicyclic) bond motifs is 1. The van der Waals surface area contributed by atoms with E-state index in [0.717, 1.165) is 25.1 Å². The number of benzene rings is 1. The fraction of sp³-hybridized carbons (Fsp3) is 0.391. The molecule has 3 aromatic heterocycles. The number of anilines is 3. The van der Waals surface area contributed by atoms with Crippen molar-refractivity contribution in [3.63, 3.8) is 0 Å². The summed E-state index contributed by atoms with van der Waals surface area (Å²) in [5.41, 5.74) is 2.12. The zero-order valence-corrected chi connectivity index (χ0v) is 20.1. The number of hydrogen-bond acceptors (Lipinski definition) is 10. The SMILES string of the molecule is COc1cc(-n2cnc(Nc3nc(N4CCC[C@H]4CO)nc4c3ncn4C)c2)cc(OC)c1OC. The molecule has 0 aliphatic carbocycles. The first-order chi connectivity index (χ1) is 17.1. The molecule has 4 aromatic rings. The Kier molecular flexibility index (Phi) is 6.03. The third-order valence-corrected chi connectivity index (χ3v) is 6.17. The molecule has 0 radical (unpaired) electrons. The standard InChI is InChI=1S/C23H28N8O4/c1-29-12-25-19-21(27-23(28-22(19)29)31-7-5-6-14(31)11-32)26-18-10-30(13-24-18)15-8-16(33-2)20(35-4)17(9-15)34-3/h8-10,12-14,32H,5-7,11H2,1-4H3,(H,26,27,28)/t14-/m0/s1. The van der Waals surface area contributed by atoms with Crippen molar-refractivity contribution in [3.8, 4) is 22.9 Å². The van der Waals surface area contributed by atoms with Crippen molar-refractivity contribution in [3.05, 3.63) is 31.0 Å². The van der Waals surface area contributed by atoms with E-state index in [-0.39, 0.29) is 12.6 Å². The molecular formula is C23H28N8O4. The van der Waals surface area contributed by atoms with Crippen molar-refractivity contribution in [1.82, 2.24) is 29.1 Å². The first-order valence-electron chi connectivity index (χ1n) is 11.2. The lowest BCUT2D eigenvalue weighted by Crippen LogP contribution is -2.33. The Hall–Kier alpha value is -4.06. The fourth-order valence-electron chi connectivity index (χ4n) is 4.37. The van der Waals surface area contributed by atoms with E-state index >= 15 is 0 Å². The molecule has 1 aliphatic rings. The van der Waals surface area contributed by atoms with E-state index in [1.54, 1.807) is 34.0 Å². The van der Waals surface area contributed by atoms with Gasteiger partial charge in [-0.1, -0.05) is 0 Å². The summed E-state index contributed by atoms with van der Waals surface area (Å²) in [4.78, 5) is 20.5. The molecule has 1 atom stereocenters. The highest BCUT2D eigenvalue weighted by atomic mass is 16.5. The molecule has 5 rings (SSSR count). The van der Waals surface area contributed by atoms with Crippen LogP contribution in [0.5, 0.6) is 17.2 Å². The van der Waals surface area contributed by atoms with Crippen LogP contribution in [-0.2, 0) is 7.05 Å². The van der Waals surface area contributed by atoms with Gasteiger partial charge in [-0.25, -0.2) is 9.97 Å². The molecule has 0 saturated carbocycles. The van der Waals surface area contributed by atoms with E-state index in [1.807, 2.05) is 39.4 Å². The van der Waals surface area contributed by atoms with Crippen LogP contribution < -0.4 is 24.4 Å². The summed E-state index contributed by atoms with van der Waals surface area (Å²) >= 11 is 0. The molecular weight excluding hydrogens is 452 g/mol. The Morgan fingerprint density at radius 2 is 1.83 bits per heavy atom. The van der Waals surface area contributed by atoms with Crippen LogP contribution in [0.2, 0.25) is 0 Å². The molecule has 0 bridgehead atoms. The maximum atomic E-state index is 9.78. The molecule has 1 saturated heterocycles. The second-order valence-corrected chi connectivity index (χ2v) is 8.25. The van der Waals surface area contributed by atoms with E-state index in [2.05, 4.69) is 15.3 Å². The van der Waals surface area contributed by atoms with Crippen molar-refractivity contribution < 1.29 is 19.3 Å². The Labute approximate surface area is 202 Å². The zero-order chi connectivity index (χ0) is 24.5. The van der Waals surface area contributed by atoms with Crippen molar-refractivity contribution in [1.29, 1.82) is 0 Å². The molecule has 1 aromatic carbocycles. The lowest BCUT2D eigenvalue weighted by Gasteiger charge is -2.23. The quantitative estimate of drug-likeness (QED) is 0.388. The normalized spacial score (nSPS) is 15.6. The number of hydrogen-bond donors (Lipinski definition) is 2. The van der Waals surface area contributed by atoms with Gasteiger partial charge >= 0.3 is 0 Å². The van der Waals surface area contributed by atoms with Gasteiger partial charge in [0.15, 0.2) is 28.5 Å². The van der Waals surface area contributed by atoms with E-state index in [0.29, 0.717) is 46.0 Å². The summed E-state index contributed by atoms with van der Waals surface area (Å²) in [5.74, 6) is 3.30. The van der Waals surface area contributed by atoms with Gasteiger partial charge in [-0.05, 0) is 12.8 Å². The smallest absolute Gasteiger partial charge is 0.229 e. The summed E-state index contributed by atoms with van der Waals surface area (Å²) in [6.45, 7) is 0.860. The summed E-state index contributed by atoms with van der Waals surface area (Å²) in [6.07, 6.45) is 7.12. The molecule has 4 heterocycles. The zero-order valence-electron chi connectivity index (χ0n) is 20.1. The van der Waals surface area contributed by atoms with Crippen molar-refractivity contribution in [2.45, 2.75) is 18.9 Å². The number of methoxy groups -OCH3 is 3. The average Bonchev–Trinajstić information content (AvgIpc) is 3.63. The Morgan fingerprint density at radius 3 is 2.51 bits per heavy atom. The lowest BCUT2D eigenvalue weighted by molar-refractivity contribution is 0.265. The Morgan fingerprint density at radius 1 is 1.06 bits per heavy atom. The molecule has 184 valence electrons. The van der Waals surface area contributed by atoms with E-state index in [1.165, 1.54) is 0 Å². The first kappa shape index (κ1) is 22.7. The Balaban J connectivity index is 1.50. The van der Waals surface area contributed by atoms with Crippen molar-refractivity contribution in [2.24, 2.45) is 7.05 Å². The minimum Gasteiger partial charge on any atom is -0.493 e. The number of rotatable bonds is 8. The maximum Gasteiger partial charge on any atom is 0.229 e. The van der Waals surface area contributed by atoms with Crippen LogP contribution in [0.1, 0.15) is 12.8 Å². The molecule has 0 unspecified atom stereocenters. The largest absolute Gasteiger partial charge is 0.493 e. The number of ether oxygens (including phenoxy) is 3. The summed E-state index contributed by atoms with van der Waals surface area (Å²) in [6, 6.07) is 3.69. The minimum absolute atomic E-state index is 0.00719. The second-order valence-electron chi connectivity index (χ2n) is 8.25. The number of aryl methyl sites for hydroxylation is 1. The third kappa shape index (κ3) is 4.05. The molecule has 35 heavy (non-hydrogen) atoms. The van der Waals surface area contributed by atoms with Gasteiger partial charge in [0.05, 0.1) is 52.2 Å². The number of imidazole rings is 2. The van der Waals surface area contributed by atoms with Crippen LogP contribution in [0, 0.1) is 0 Å². The molecule has 2 N–H and O–H groups in total. The van der Waals surface area contributed by atoms with Gasteiger partial charge in [0, 0.05) is 25.7 Å². The van der Waals surface area contributed by atoms with Crippen LogP contribution >= 0.6 is 0 Å². The van der Waals surface area contributed by atoms with Crippen LogP contribution in [0.25, 0.3) is 16.9 Å². The lowest BCUT2D eigenvalue weighted by atomic mass is 10.2. The first-order valence-corrected chi connectivity index (χ1v) is 11.2. The summed E-state index contributed by atoms with van der Waals surface area (Å²) in [7, 11) is 6.62. The third-order valence-electron chi connectivity index (χ3n) is 6.17. The van der Waals surface area contributed by atoms with Gasteiger partial charge in [0.2, 0.25) is 11.7 Å². The molecule has 1 fully saturated rings. The van der Waals surface area contributed by atoms with E-state index in [4.69, 9.17) is 24.2 Å². The minimum atomic E-state index is 0.00719. The van der Waals surface area contributed by atoms with Gasteiger partial charge in [-0.2, -0.15) is 9.97 Å². The predicted octanol–water partition coefficient (Wildman–Crippen LogP) is 2.28. The summed E-state index contributed by atoms with van der Waals surface area (Å²) < 4.78 is 20.0. The van der Waals surface area contributed by atoms with Crippen LogP contribution in [-0.4, -0.2) is 74.7 Å². The van der Waals surface area contributed by atoms with Crippen LogP contribution in [0.4, 0.5) is 17.6 Å². The van der Waals surface area contributed by atoms with Crippen molar-refractivity contribution >= 4 is 28.7 Å². The summed E-state index contributed by atoms with van der Waals surface area (Å²) in [5, 5.41) is 13.1. The topological polar surface area (TPSA) is 125 Å². The van der Waals surface area contributed by atoms with Gasteiger partial charge in [0.1, 0.15) is 12.1 Å². The maximum absolute atomic E-state index is 9.78. The van der Waals surface area contributed by atoms with Crippen LogP contribution in [0.3, 0.4) is 0 Å². The van der Waals surface area contributed by atoms with Gasteiger partial charge in [-0.15, -0.1) is 0 Å². The molecule has 1 aliphatic heterocycles. The van der Waals surface area contributed by atoms with E-state index < -0.39 is 0 Å². The average molecular weight is 481 g/mol. The fourth-order valence-corrected chi connectivity index (χ4v) is 4.37. The molecule has 12 heteroatoms. The molecule has 12 nitrogen and oxygen atoms in total. The monoisotopic (exact) mass is 480 g/mol. The number of aliphatic hydroxyl groups excluding tert-OH is 1. The van der Waals surface area contributed by atoms with Gasteiger partial charge in [-0.3, -0.25) is 0 Å². The second kappa shape index (κ2) is 9.29. The van der Waals surface area contributed by atoms with Gasteiger partial charge in [0.25, 0.3) is 0 Å². The Bertz CT molecular complexity index is 1330. The number of aliphatic hydroxyl groups is 1. The van der Waals surface area contributed by atoms with E-state index in [9.17, 15) is 5.11 Å². The molecule has 0 spiro atoms. The predicted molar refractivity (Wildman–Crippen MR) is 130 cm³/mol. The van der Waals surface area contributed by atoms with Crippen molar-refractivity contribution in [2.75, 3.05) is 44.7 Å². The highest BCUT2D eigenvalue weighted by molar-refractivity contribution is 5.86. The molecule has 0 amide bonds. The van der Waals surface area contributed by atoms with Crippen LogP contribution in [0.15, 0.2) is 31.0 Å². The number of nitrogens with zero attached hydrogens (tertiary/aromatic N) is 7. The highest BCUT2D eigenvalue weighted by Gasteiger charge is 2.27. The number of nitrogens with one attached hydrogen (secondary N) is 1.